The summed E-state index contributed by atoms with van der Waals surface area (Å²) in [5.74, 6) is 0.0650. The molecule has 0 aromatic carbocycles. The number of piperidine rings is 1. The van der Waals surface area contributed by atoms with E-state index >= 15 is 0 Å². The van der Waals surface area contributed by atoms with Crippen molar-refractivity contribution in [2.45, 2.75) is 25.3 Å². The molecule has 0 bridgehead atoms. The van der Waals surface area contributed by atoms with Crippen LogP contribution in [0.1, 0.15) is 19.3 Å². The second-order valence-electron chi connectivity index (χ2n) is 3.95. The first-order valence-electron chi connectivity index (χ1n) is 5.59. The summed E-state index contributed by atoms with van der Waals surface area (Å²) in [4.78, 5) is 13.7. The minimum Gasteiger partial charge on any atom is -0.352 e. The van der Waals surface area contributed by atoms with Gasteiger partial charge >= 0.3 is 0 Å². The Morgan fingerprint density at radius 2 is 2.31 bits per heavy atom. The molecule has 1 fully saturated rings. The molecule has 1 heterocycles. The molecular formula is C11H22ClN3O. The molecule has 1 amide bonds. The van der Waals surface area contributed by atoms with Crippen molar-refractivity contribution < 1.29 is 4.79 Å². The van der Waals surface area contributed by atoms with Crippen LogP contribution in [-0.2, 0) is 4.79 Å². The van der Waals surface area contributed by atoms with Crippen molar-refractivity contribution >= 4 is 18.3 Å². The van der Waals surface area contributed by atoms with E-state index in [1.807, 2.05) is 0 Å². The minimum absolute atomic E-state index is 0. The summed E-state index contributed by atoms with van der Waals surface area (Å²) in [5, 5.41) is 2.78. The maximum atomic E-state index is 11.5. The van der Waals surface area contributed by atoms with Crippen molar-refractivity contribution in [2.24, 2.45) is 5.73 Å². The standard InChI is InChI=1S/C11H21N3O.ClH/c1-2-6-13-11(15)9-14-7-4-3-5-10(14)8-12;/h2,10H,1,3-9,12H2,(H,13,15);1H. The molecular weight excluding hydrogens is 226 g/mol. The first kappa shape index (κ1) is 15.4. The molecule has 1 rings (SSSR count). The first-order chi connectivity index (χ1) is 7.27. The molecule has 0 aromatic rings. The number of halogens is 1. The van der Waals surface area contributed by atoms with Gasteiger partial charge in [0.1, 0.15) is 0 Å². The normalized spacial score (nSPS) is 20.9. The summed E-state index contributed by atoms with van der Waals surface area (Å²) >= 11 is 0. The Balaban J connectivity index is 0.00000225. The third kappa shape index (κ3) is 4.96. The molecule has 3 N–H and O–H groups in total. The molecule has 1 unspecified atom stereocenters. The number of likely N-dealkylation sites (tertiary alicyclic amines) is 1. The Bertz CT molecular complexity index is 223. The number of nitrogens with zero attached hydrogens (tertiary/aromatic N) is 1. The third-order valence-electron chi connectivity index (χ3n) is 2.81. The number of amides is 1. The van der Waals surface area contributed by atoms with Crippen molar-refractivity contribution in [1.82, 2.24) is 10.2 Å². The average Bonchev–Trinajstić information content (AvgIpc) is 2.27. The van der Waals surface area contributed by atoms with Crippen LogP contribution in [0.4, 0.5) is 0 Å². The monoisotopic (exact) mass is 247 g/mol. The van der Waals surface area contributed by atoms with E-state index in [4.69, 9.17) is 5.73 Å². The SMILES string of the molecule is C=CCNC(=O)CN1CCCCC1CN.Cl. The number of hydrogen-bond acceptors (Lipinski definition) is 3. The van der Waals surface area contributed by atoms with Crippen LogP contribution in [0.25, 0.3) is 0 Å². The summed E-state index contributed by atoms with van der Waals surface area (Å²) in [6.45, 7) is 6.21. The van der Waals surface area contributed by atoms with Crippen LogP contribution in [0.3, 0.4) is 0 Å². The van der Waals surface area contributed by atoms with Crippen molar-refractivity contribution in [3.8, 4) is 0 Å². The van der Waals surface area contributed by atoms with Crippen molar-refractivity contribution in [3.63, 3.8) is 0 Å². The number of carbonyl (C=O) groups is 1. The zero-order valence-electron chi connectivity index (χ0n) is 9.65. The van der Waals surface area contributed by atoms with Gasteiger partial charge in [-0.25, -0.2) is 0 Å². The zero-order chi connectivity index (χ0) is 11.1. The highest BCUT2D eigenvalue weighted by molar-refractivity contribution is 5.85. The highest BCUT2D eigenvalue weighted by Gasteiger charge is 2.22. The lowest BCUT2D eigenvalue weighted by Gasteiger charge is -2.34. The Morgan fingerprint density at radius 1 is 1.56 bits per heavy atom. The van der Waals surface area contributed by atoms with Crippen LogP contribution in [0.5, 0.6) is 0 Å². The lowest BCUT2D eigenvalue weighted by Crippen LogP contribution is -2.48. The van der Waals surface area contributed by atoms with Crippen LogP contribution in [0.15, 0.2) is 12.7 Å². The van der Waals surface area contributed by atoms with Gasteiger partial charge in [0.15, 0.2) is 0 Å². The molecule has 0 radical (unpaired) electrons. The van der Waals surface area contributed by atoms with Crippen molar-refractivity contribution in [3.05, 3.63) is 12.7 Å². The maximum absolute atomic E-state index is 11.5. The van der Waals surface area contributed by atoms with Gasteiger partial charge in [0.2, 0.25) is 5.91 Å². The summed E-state index contributed by atoms with van der Waals surface area (Å²) in [7, 11) is 0. The van der Waals surface area contributed by atoms with E-state index in [0.717, 1.165) is 13.0 Å². The lowest BCUT2D eigenvalue weighted by molar-refractivity contribution is -0.122. The summed E-state index contributed by atoms with van der Waals surface area (Å²) < 4.78 is 0. The van der Waals surface area contributed by atoms with Gasteiger partial charge in [0.05, 0.1) is 6.54 Å². The predicted octanol–water partition coefficient (Wildman–Crippen LogP) is 0.524. The Kier molecular flexibility index (Phi) is 8.25. The topological polar surface area (TPSA) is 58.4 Å². The minimum atomic E-state index is 0. The maximum Gasteiger partial charge on any atom is 0.234 e. The van der Waals surface area contributed by atoms with Crippen molar-refractivity contribution in [2.75, 3.05) is 26.2 Å². The van der Waals surface area contributed by atoms with Crippen LogP contribution in [-0.4, -0.2) is 43.0 Å². The van der Waals surface area contributed by atoms with E-state index in [2.05, 4.69) is 16.8 Å². The molecule has 16 heavy (non-hydrogen) atoms. The average molecular weight is 248 g/mol. The van der Waals surface area contributed by atoms with Crippen LogP contribution >= 0.6 is 12.4 Å². The third-order valence-corrected chi connectivity index (χ3v) is 2.81. The first-order valence-corrected chi connectivity index (χ1v) is 5.59. The van der Waals surface area contributed by atoms with Crippen LogP contribution in [0, 0.1) is 0 Å². The van der Waals surface area contributed by atoms with Gasteiger partial charge < -0.3 is 11.1 Å². The molecule has 0 aliphatic carbocycles. The van der Waals surface area contributed by atoms with Crippen molar-refractivity contribution in [1.29, 1.82) is 0 Å². The summed E-state index contributed by atoms with van der Waals surface area (Å²) in [6, 6.07) is 0.383. The van der Waals surface area contributed by atoms with E-state index < -0.39 is 0 Å². The van der Waals surface area contributed by atoms with Gasteiger partial charge in [0.25, 0.3) is 0 Å². The number of rotatable bonds is 5. The van der Waals surface area contributed by atoms with Crippen LogP contribution in [0.2, 0.25) is 0 Å². The fraction of sp³-hybridized carbons (Fsp3) is 0.727. The largest absolute Gasteiger partial charge is 0.352 e. The fourth-order valence-corrected chi connectivity index (χ4v) is 1.96. The summed E-state index contributed by atoms with van der Waals surface area (Å²) in [6.07, 6.45) is 5.21. The molecule has 1 aliphatic rings. The molecule has 4 nitrogen and oxygen atoms in total. The molecule has 1 saturated heterocycles. The van der Waals surface area contributed by atoms with Gasteiger partial charge in [-0.2, -0.15) is 0 Å². The van der Waals surface area contributed by atoms with E-state index in [0.29, 0.717) is 25.7 Å². The van der Waals surface area contributed by atoms with Gasteiger partial charge in [-0.1, -0.05) is 12.5 Å². The number of nitrogens with two attached hydrogens (primary N) is 1. The Hall–Kier alpha value is -0.580. The van der Waals surface area contributed by atoms with E-state index in [-0.39, 0.29) is 18.3 Å². The number of hydrogen-bond donors (Lipinski definition) is 2. The number of carbonyl (C=O) groups excluding carboxylic acids is 1. The second-order valence-corrected chi connectivity index (χ2v) is 3.95. The zero-order valence-corrected chi connectivity index (χ0v) is 10.5. The summed E-state index contributed by atoms with van der Waals surface area (Å²) in [5.41, 5.74) is 5.68. The van der Waals surface area contributed by atoms with Crippen LogP contribution < -0.4 is 11.1 Å². The number of nitrogens with one attached hydrogen (secondary N) is 1. The van der Waals surface area contributed by atoms with E-state index in [9.17, 15) is 4.79 Å². The van der Waals surface area contributed by atoms with E-state index in [1.54, 1.807) is 6.08 Å². The quantitative estimate of drug-likeness (QED) is 0.697. The van der Waals surface area contributed by atoms with Gasteiger partial charge in [-0.05, 0) is 19.4 Å². The lowest BCUT2D eigenvalue weighted by atomic mass is 10.0. The van der Waals surface area contributed by atoms with Gasteiger partial charge in [-0.15, -0.1) is 19.0 Å². The molecule has 1 aliphatic heterocycles. The highest BCUT2D eigenvalue weighted by Crippen LogP contribution is 2.15. The second kappa shape index (κ2) is 8.56. The predicted molar refractivity (Wildman–Crippen MR) is 68.7 cm³/mol. The molecule has 0 saturated carbocycles. The molecule has 94 valence electrons. The Morgan fingerprint density at radius 3 is 2.94 bits per heavy atom. The molecule has 0 spiro atoms. The Labute approximate surface area is 104 Å². The van der Waals surface area contributed by atoms with E-state index in [1.165, 1.54) is 12.8 Å². The smallest absolute Gasteiger partial charge is 0.234 e. The molecule has 5 heteroatoms. The molecule has 1 atom stereocenters. The fourth-order valence-electron chi connectivity index (χ4n) is 1.96. The van der Waals surface area contributed by atoms with Gasteiger partial charge in [-0.3, -0.25) is 9.69 Å². The highest BCUT2D eigenvalue weighted by atomic mass is 35.5. The molecule has 0 aromatic heterocycles. The van der Waals surface area contributed by atoms with Gasteiger partial charge in [0, 0.05) is 19.1 Å².